The third-order valence-corrected chi connectivity index (χ3v) is 6.84. The van der Waals surface area contributed by atoms with E-state index in [4.69, 9.17) is 9.47 Å². The van der Waals surface area contributed by atoms with Gasteiger partial charge in [-0.2, -0.15) is 0 Å². The molecule has 1 saturated carbocycles. The summed E-state index contributed by atoms with van der Waals surface area (Å²) in [4.78, 5) is 13.9. The average molecular weight is 377 g/mol. The summed E-state index contributed by atoms with van der Waals surface area (Å²) in [6, 6.07) is 7.33. The van der Waals surface area contributed by atoms with Crippen molar-refractivity contribution in [3.8, 4) is 5.75 Å². The van der Waals surface area contributed by atoms with Gasteiger partial charge in [0.05, 0.1) is 12.7 Å². The molecule has 2 heterocycles. The molecule has 3 aliphatic rings. The predicted molar refractivity (Wildman–Crippen MR) is 99.0 cm³/mol. The molecule has 1 spiro atoms. The Morgan fingerprint density at radius 1 is 1.26 bits per heavy atom. The third kappa shape index (κ3) is 3.34. The Bertz CT molecular complexity index is 678. The number of ether oxygens (including phenoxy) is 2. The van der Waals surface area contributed by atoms with Crippen LogP contribution in [0.25, 0.3) is 0 Å². The van der Waals surface area contributed by atoms with E-state index in [-0.39, 0.29) is 18.2 Å². The van der Waals surface area contributed by atoms with Gasteiger partial charge < -0.3 is 14.6 Å². The van der Waals surface area contributed by atoms with E-state index < -0.39 is 17.6 Å². The van der Waals surface area contributed by atoms with Gasteiger partial charge in [0, 0.05) is 31.7 Å². The van der Waals surface area contributed by atoms with Crippen LogP contribution in [0, 0.1) is 0 Å². The summed E-state index contributed by atoms with van der Waals surface area (Å²) < 4.78 is 26.7. The van der Waals surface area contributed by atoms with Crippen molar-refractivity contribution < 1.29 is 23.8 Å². The molecule has 5 nitrogen and oxygen atoms in total. The summed E-state index contributed by atoms with van der Waals surface area (Å²) >= 11 is 0. The lowest BCUT2D eigenvalue weighted by Crippen LogP contribution is -2.45. The summed E-state index contributed by atoms with van der Waals surface area (Å²) in [5.74, 6) is -1.35. The summed E-state index contributed by atoms with van der Waals surface area (Å²) in [7, 11) is 1.58. The molecule has 6 heteroatoms. The molecular formula is C21H28FNO4. The second-order valence-electron chi connectivity index (χ2n) is 8.29. The zero-order chi connectivity index (χ0) is 19.1. The Morgan fingerprint density at radius 3 is 2.52 bits per heavy atom. The first-order chi connectivity index (χ1) is 13.0. The highest BCUT2D eigenvalue weighted by Crippen LogP contribution is 2.45. The zero-order valence-electron chi connectivity index (χ0n) is 15.8. The van der Waals surface area contributed by atoms with Crippen molar-refractivity contribution in [2.24, 2.45) is 0 Å². The second kappa shape index (κ2) is 7.06. The number of methoxy groups -OCH3 is 1. The van der Waals surface area contributed by atoms with Gasteiger partial charge >= 0.3 is 5.97 Å². The van der Waals surface area contributed by atoms with Gasteiger partial charge in [0.1, 0.15) is 5.75 Å². The number of nitrogens with zero attached hydrogens (tertiary/aromatic N) is 1. The van der Waals surface area contributed by atoms with Crippen LogP contribution in [0.5, 0.6) is 5.75 Å². The normalized spacial score (nSPS) is 37.0. The SMILES string of the molecule is COc1ccc([C@@H]2CN([C@H]3CC[C@]4(CCCO4)CC3)C[C@@]2(F)C(=O)O)cc1. The van der Waals surface area contributed by atoms with Gasteiger partial charge in [-0.1, -0.05) is 12.1 Å². The van der Waals surface area contributed by atoms with Crippen molar-refractivity contribution in [3.05, 3.63) is 29.8 Å². The Hall–Kier alpha value is -1.66. The third-order valence-electron chi connectivity index (χ3n) is 6.84. The topological polar surface area (TPSA) is 59.0 Å². The average Bonchev–Trinajstić information content (AvgIpc) is 3.28. The number of alkyl halides is 1. The molecule has 27 heavy (non-hydrogen) atoms. The first-order valence-electron chi connectivity index (χ1n) is 9.90. The first kappa shape index (κ1) is 18.7. The molecule has 1 aromatic rings. The van der Waals surface area contributed by atoms with Crippen molar-refractivity contribution in [1.82, 2.24) is 4.90 Å². The van der Waals surface area contributed by atoms with Gasteiger partial charge in [-0.3, -0.25) is 4.90 Å². The summed E-state index contributed by atoms with van der Waals surface area (Å²) in [6.45, 7) is 1.24. The fourth-order valence-electron chi connectivity index (χ4n) is 5.19. The Morgan fingerprint density at radius 2 is 1.96 bits per heavy atom. The van der Waals surface area contributed by atoms with Crippen LogP contribution in [0.2, 0.25) is 0 Å². The lowest BCUT2D eigenvalue weighted by Gasteiger charge is -2.40. The molecule has 0 amide bonds. The van der Waals surface area contributed by atoms with E-state index in [1.165, 1.54) is 0 Å². The Kier molecular flexibility index (Phi) is 4.89. The van der Waals surface area contributed by atoms with Gasteiger partial charge in [0.25, 0.3) is 0 Å². The number of hydrogen-bond acceptors (Lipinski definition) is 4. The van der Waals surface area contributed by atoms with Crippen LogP contribution < -0.4 is 4.74 Å². The largest absolute Gasteiger partial charge is 0.497 e. The van der Waals surface area contributed by atoms with Gasteiger partial charge in [0.2, 0.25) is 5.67 Å². The smallest absolute Gasteiger partial charge is 0.343 e. The molecule has 1 N–H and O–H groups in total. The van der Waals surface area contributed by atoms with Crippen LogP contribution in [-0.4, -0.2) is 60.1 Å². The molecule has 1 aliphatic carbocycles. The number of benzene rings is 1. The number of halogens is 1. The maximum absolute atomic E-state index is 15.6. The summed E-state index contributed by atoms with van der Waals surface area (Å²) in [5.41, 5.74) is -1.51. The van der Waals surface area contributed by atoms with E-state index in [1.54, 1.807) is 31.4 Å². The standard InChI is InChI=1S/C21H28FNO4/c1-26-17-5-3-15(4-6-17)18-13-23(14-21(18,22)19(24)25)16-7-10-20(11-8-16)9-2-12-27-20/h3-6,16,18H,2,7-14H2,1H3,(H,24,25)/t16-,18-,20+,21-/m0/s1. The minimum absolute atomic E-state index is 0.0329. The molecular weight excluding hydrogens is 349 g/mol. The lowest BCUT2D eigenvalue weighted by atomic mass is 9.80. The van der Waals surface area contributed by atoms with Gasteiger partial charge in [-0.15, -0.1) is 0 Å². The van der Waals surface area contributed by atoms with Crippen LogP contribution >= 0.6 is 0 Å². The number of likely N-dealkylation sites (tertiary alicyclic amines) is 1. The molecule has 0 unspecified atom stereocenters. The van der Waals surface area contributed by atoms with Crippen LogP contribution in [0.4, 0.5) is 4.39 Å². The number of rotatable bonds is 4. The maximum atomic E-state index is 15.6. The first-order valence-corrected chi connectivity index (χ1v) is 9.90. The predicted octanol–water partition coefficient (Wildman–Crippen LogP) is 3.38. The summed E-state index contributed by atoms with van der Waals surface area (Å²) in [6.07, 6.45) is 6.13. The molecule has 2 saturated heterocycles. The number of hydrogen-bond donors (Lipinski definition) is 1. The minimum Gasteiger partial charge on any atom is -0.497 e. The quantitative estimate of drug-likeness (QED) is 0.872. The van der Waals surface area contributed by atoms with Crippen LogP contribution in [0.1, 0.15) is 50.0 Å². The highest BCUT2D eigenvalue weighted by molar-refractivity contribution is 5.80. The highest BCUT2D eigenvalue weighted by Gasteiger charge is 2.55. The number of carboxylic acids is 1. The van der Waals surface area contributed by atoms with Gasteiger partial charge in [0.15, 0.2) is 0 Å². The fourth-order valence-corrected chi connectivity index (χ4v) is 5.19. The van der Waals surface area contributed by atoms with Crippen molar-refractivity contribution in [3.63, 3.8) is 0 Å². The lowest BCUT2D eigenvalue weighted by molar-refractivity contribution is -0.151. The molecule has 1 aromatic carbocycles. The molecule has 2 atom stereocenters. The minimum atomic E-state index is -2.26. The molecule has 0 radical (unpaired) electrons. The van der Waals surface area contributed by atoms with Gasteiger partial charge in [-0.25, -0.2) is 9.18 Å². The number of aliphatic carboxylic acids is 1. The van der Waals surface area contributed by atoms with E-state index in [9.17, 15) is 9.90 Å². The van der Waals surface area contributed by atoms with Gasteiger partial charge in [-0.05, 0) is 56.2 Å². The Labute approximate surface area is 159 Å². The van der Waals surface area contributed by atoms with Crippen LogP contribution in [-0.2, 0) is 9.53 Å². The zero-order valence-corrected chi connectivity index (χ0v) is 15.8. The Balaban J connectivity index is 1.50. The maximum Gasteiger partial charge on any atom is 0.343 e. The van der Waals surface area contributed by atoms with Crippen LogP contribution in [0.3, 0.4) is 0 Å². The molecule has 0 bridgehead atoms. The van der Waals surface area contributed by atoms with Crippen molar-refractivity contribution in [1.29, 1.82) is 0 Å². The van der Waals surface area contributed by atoms with Crippen LogP contribution in [0.15, 0.2) is 24.3 Å². The van der Waals surface area contributed by atoms with E-state index in [0.717, 1.165) is 50.7 Å². The van der Waals surface area contributed by atoms with Crippen molar-refractivity contribution in [2.45, 2.75) is 61.8 Å². The monoisotopic (exact) mass is 377 g/mol. The molecule has 4 rings (SSSR count). The molecule has 3 fully saturated rings. The highest BCUT2D eigenvalue weighted by atomic mass is 19.1. The molecule has 2 aliphatic heterocycles. The fraction of sp³-hybridized carbons (Fsp3) is 0.667. The van der Waals surface area contributed by atoms with E-state index >= 15 is 4.39 Å². The van der Waals surface area contributed by atoms with E-state index in [1.807, 2.05) is 0 Å². The number of carbonyl (C=O) groups is 1. The van der Waals surface area contributed by atoms with E-state index in [2.05, 4.69) is 4.90 Å². The number of carboxylic acid groups (broad SMARTS) is 1. The summed E-state index contributed by atoms with van der Waals surface area (Å²) in [5, 5.41) is 9.64. The van der Waals surface area contributed by atoms with E-state index in [0.29, 0.717) is 12.3 Å². The molecule has 148 valence electrons. The second-order valence-corrected chi connectivity index (χ2v) is 8.29. The van der Waals surface area contributed by atoms with Crippen molar-refractivity contribution >= 4 is 5.97 Å². The van der Waals surface area contributed by atoms with Crippen molar-refractivity contribution in [2.75, 3.05) is 26.8 Å². The molecule has 0 aromatic heterocycles.